The van der Waals surface area contributed by atoms with Crippen molar-refractivity contribution in [3.05, 3.63) is 23.8 Å². The van der Waals surface area contributed by atoms with Crippen molar-refractivity contribution in [3.63, 3.8) is 0 Å². The number of H-pyrrole nitrogens is 1. The van der Waals surface area contributed by atoms with E-state index in [-0.39, 0.29) is 11.7 Å². The summed E-state index contributed by atoms with van der Waals surface area (Å²) in [5, 5.41) is 12.0. The summed E-state index contributed by atoms with van der Waals surface area (Å²) in [6.45, 7) is 1.73. The van der Waals surface area contributed by atoms with E-state index < -0.39 is 5.91 Å². The average Bonchev–Trinajstić information content (AvgIpc) is 2.75. The molecule has 0 spiro atoms. The molecule has 0 aliphatic carbocycles. The Morgan fingerprint density at radius 2 is 2.50 bits per heavy atom. The molecule has 1 amide bonds. The summed E-state index contributed by atoms with van der Waals surface area (Å²) < 4.78 is 4.75. The van der Waals surface area contributed by atoms with Gasteiger partial charge in [-0.1, -0.05) is 5.16 Å². The van der Waals surface area contributed by atoms with Gasteiger partial charge in [-0.3, -0.25) is 10.1 Å². The van der Waals surface area contributed by atoms with Crippen molar-refractivity contribution in [1.82, 2.24) is 20.3 Å². The fourth-order valence-corrected chi connectivity index (χ4v) is 0.939. The lowest BCUT2D eigenvalue weighted by atomic mass is 10.3. The van der Waals surface area contributed by atoms with Gasteiger partial charge in [-0.2, -0.15) is 10.1 Å². The molecule has 2 aromatic heterocycles. The molecule has 72 valence electrons. The molecule has 0 atom stereocenters. The maximum atomic E-state index is 11.5. The summed E-state index contributed by atoms with van der Waals surface area (Å²) in [4.78, 5) is 15.2. The van der Waals surface area contributed by atoms with E-state index >= 15 is 0 Å². The first-order valence-electron chi connectivity index (χ1n) is 3.85. The molecule has 0 unspecified atom stereocenters. The molecule has 0 aromatic carbocycles. The molecule has 7 nitrogen and oxygen atoms in total. The maximum Gasteiger partial charge on any atom is 0.296 e. The van der Waals surface area contributed by atoms with E-state index in [9.17, 15) is 4.79 Å². The number of carbonyl (C=O) groups is 1. The van der Waals surface area contributed by atoms with E-state index in [4.69, 9.17) is 4.52 Å². The number of nitrogens with one attached hydrogen (secondary N) is 2. The second kappa shape index (κ2) is 3.29. The second-order valence-corrected chi connectivity index (χ2v) is 2.63. The first-order valence-corrected chi connectivity index (χ1v) is 3.85. The van der Waals surface area contributed by atoms with Crippen molar-refractivity contribution in [3.8, 4) is 0 Å². The summed E-state index contributed by atoms with van der Waals surface area (Å²) in [6.07, 6.45) is 2.76. The Morgan fingerprint density at radius 3 is 3.07 bits per heavy atom. The Balaban J connectivity index is 2.14. The first kappa shape index (κ1) is 8.42. The smallest absolute Gasteiger partial charge is 0.296 e. The predicted molar refractivity (Wildman–Crippen MR) is 45.6 cm³/mol. The Morgan fingerprint density at radius 1 is 1.64 bits per heavy atom. The van der Waals surface area contributed by atoms with Crippen molar-refractivity contribution < 1.29 is 9.32 Å². The van der Waals surface area contributed by atoms with Gasteiger partial charge in [-0.05, 0) is 6.92 Å². The van der Waals surface area contributed by atoms with Crippen molar-refractivity contribution in [2.45, 2.75) is 6.92 Å². The molecular weight excluding hydrogens is 186 g/mol. The fourth-order valence-electron chi connectivity index (χ4n) is 0.939. The van der Waals surface area contributed by atoms with Crippen LogP contribution in [0.2, 0.25) is 0 Å². The molecule has 2 N–H and O–H groups in total. The average molecular weight is 193 g/mol. The number of aromatic amines is 1. The number of carbonyl (C=O) groups excluding carboxylic acids is 1. The summed E-state index contributed by atoms with van der Waals surface area (Å²) >= 11 is 0. The Labute approximate surface area is 78.5 Å². The third-order valence-corrected chi connectivity index (χ3v) is 1.60. The van der Waals surface area contributed by atoms with Crippen LogP contribution >= 0.6 is 0 Å². The molecule has 0 radical (unpaired) electrons. The van der Waals surface area contributed by atoms with Gasteiger partial charge in [0.2, 0.25) is 11.7 Å². The van der Waals surface area contributed by atoms with Crippen LogP contribution in [0.4, 0.5) is 5.95 Å². The molecule has 2 rings (SSSR count). The highest BCUT2D eigenvalue weighted by Crippen LogP contribution is 2.07. The summed E-state index contributed by atoms with van der Waals surface area (Å²) in [5.41, 5.74) is 0.669. The molecule has 0 bridgehead atoms. The summed E-state index contributed by atoms with van der Waals surface area (Å²) in [5.74, 6) is 0.0314. The van der Waals surface area contributed by atoms with E-state index in [1.165, 1.54) is 12.5 Å². The zero-order chi connectivity index (χ0) is 9.97. The number of aromatic nitrogens is 4. The van der Waals surface area contributed by atoms with Gasteiger partial charge in [0, 0.05) is 5.56 Å². The monoisotopic (exact) mass is 193 g/mol. The van der Waals surface area contributed by atoms with Gasteiger partial charge in [0.25, 0.3) is 5.91 Å². The highest BCUT2D eigenvalue weighted by atomic mass is 16.5. The minimum absolute atomic E-state index is 0.168. The van der Waals surface area contributed by atoms with Gasteiger partial charge in [0.15, 0.2) is 0 Å². The topological polar surface area (TPSA) is 96.7 Å². The van der Waals surface area contributed by atoms with Crippen LogP contribution in [0.3, 0.4) is 0 Å². The number of hydrogen-bond donors (Lipinski definition) is 2. The molecule has 0 saturated carbocycles. The van der Waals surface area contributed by atoms with Crippen molar-refractivity contribution in [1.29, 1.82) is 0 Å². The SMILES string of the molecule is Cc1cnoc1C(=O)Nc1ncn[nH]1. The largest absolute Gasteiger partial charge is 0.351 e. The number of hydrogen-bond acceptors (Lipinski definition) is 5. The summed E-state index contributed by atoms with van der Waals surface area (Å²) in [6, 6.07) is 0. The molecular formula is C7H7N5O2. The van der Waals surface area contributed by atoms with Gasteiger partial charge in [-0.15, -0.1) is 0 Å². The zero-order valence-electron chi connectivity index (χ0n) is 7.31. The zero-order valence-corrected chi connectivity index (χ0v) is 7.31. The lowest BCUT2D eigenvalue weighted by Gasteiger charge is -1.96. The van der Waals surface area contributed by atoms with Gasteiger partial charge in [0.1, 0.15) is 6.33 Å². The van der Waals surface area contributed by atoms with Gasteiger partial charge in [0.05, 0.1) is 6.20 Å². The molecule has 0 aliphatic heterocycles. The molecule has 0 saturated heterocycles. The van der Waals surface area contributed by atoms with Crippen LogP contribution in [0, 0.1) is 6.92 Å². The van der Waals surface area contributed by atoms with Crippen molar-refractivity contribution in [2.75, 3.05) is 5.32 Å². The van der Waals surface area contributed by atoms with Crippen LogP contribution in [0.25, 0.3) is 0 Å². The fraction of sp³-hybridized carbons (Fsp3) is 0.143. The lowest BCUT2D eigenvalue weighted by Crippen LogP contribution is -2.13. The van der Waals surface area contributed by atoms with Gasteiger partial charge < -0.3 is 4.52 Å². The number of rotatable bonds is 2. The van der Waals surface area contributed by atoms with Crippen molar-refractivity contribution >= 4 is 11.9 Å². The predicted octanol–water partition coefficient (Wildman–Crippen LogP) is 0.353. The molecule has 0 aliphatic rings. The number of amides is 1. The molecule has 0 fully saturated rings. The van der Waals surface area contributed by atoms with Gasteiger partial charge >= 0.3 is 0 Å². The molecule has 14 heavy (non-hydrogen) atoms. The normalized spacial score (nSPS) is 10.1. The van der Waals surface area contributed by atoms with Gasteiger partial charge in [-0.25, -0.2) is 5.10 Å². The van der Waals surface area contributed by atoms with Crippen molar-refractivity contribution in [2.24, 2.45) is 0 Å². The number of nitrogens with zero attached hydrogens (tertiary/aromatic N) is 3. The Kier molecular flexibility index (Phi) is 1.98. The van der Waals surface area contributed by atoms with E-state index in [0.29, 0.717) is 5.56 Å². The van der Waals surface area contributed by atoms with E-state index in [0.717, 1.165) is 0 Å². The third-order valence-electron chi connectivity index (χ3n) is 1.60. The maximum absolute atomic E-state index is 11.5. The number of anilines is 1. The van der Waals surface area contributed by atoms with Crippen LogP contribution < -0.4 is 5.32 Å². The molecule has 2 aromatic rings. The second-order valence-electron chi connectivity index (χ2n) is 2.63. The highest BCUT2D eigenvalue weighted by Gasteiger charge is 2.14. The van der Waals surface area contributed by atoms with Crippen LogP contribution in [0.5, 0.6) is 0 Å². The lowest BCUT2D eigenvalue weighted by molar-refractivity contribution is 0.0986. The Hall–Kier alpha value is -2.18. The van der Waals surface area contributed by atoms with E-state index in [1.807, 2.05) is 0 Å². The van der Waals surface area contributed by atoms with E-state index in [1.54, 1.807) is 6.92 Å². The van der Waals surface area contributed by atoms with Crippen LogP contribution in [0.1, 0.15) is 16.1 Å². The minimum atomic E-state index is -0.406. The van der Waals surface area contributed by atoms with Crippen LogP contribution in [-0.4, -0.2) is 26.2 Å². The quantitative estimate of drug-likeness (QED) is 0.717. The summed E-state index contributed by atoms with van der Waals surface area (Å²) in [7, 11) is 0. The molecule has 2 heterocycles. The highest BCUT2D eigenvalue weighted by molar-refractivity contribution is 6.01. The molecule has 7 heteroatoms. The first-order chi connectivity index (χ1) is 6.77. The Bertz CT molecular complexity index is 433. The van der Waals surface area contributed by atoms with E-state index in [2.05, 4.69) is 25.7 Å². The number of aryl methyl sites for hydroxylation is 1. The van der Waals surface area contributed by atoms with Crippen LogP contribution in [-0.2, 0) is 0 Å². The standard InChI is InChI=1S/C7H7N5O2/c1-4-2-10-14-5(4)6(13)11-7-8-3-9-12-7/h2-3H,1H3,(H2,8,9,11,12,13). The third kappa shape index (κ3) is 1.47. The minimum Gasteiger partial charge on any atom is -0.351 e. The van der Waals surface area contributed by atoms with Crippen LogP contribution in [0.15, 0.2) is 17.0 Å².